The molecule has 2 heterocycles. The van der Waals surface area contributed by atoms with E-state index in [1.54, 1.807) is 4.90 Å². The number of likely N-dealkylation sites (tertiary alicyclic amines) is 1. The molecule has 1 aromatic rings. The van der Waals surface area contributed by atoms with Crippen LogP contribution in [0.1, 0.15) is 32.1 Å². The molecule has 3 aliphatic rings. The second kappa shape index (κ2) is 6.46. The Bertz CT molecular complexity index is 645. The van der Waals surface area contributed by atoms with Gasteiger partial charge in [-0.3, -0.25) is 14.5 Å². The van der Waals surface area contributed by atoms with Gasteiger partial charge in [-0.25, -0.2) is 0 Å². The number of hydrogen-bond donors (Lipinski definition) is 0. The number of benzene rings is 1. The lowest BCUT2D eigenvalue weighted by molar-refractivity contribution is -0.134. The average Bonchev–Trinajstić information content (AvgIpc) is 2.63. The zero-order valence-corrected chi connectivity index (χ0v) is 13.9. The molecule has 5 heteroatoms. The molecular formula is C19H24N2O3. The number of ether oxygens (including phenoxy) is 1. The first-order chi connectivity index (χ1) is 11.7. The van der Waals surface area contributed by atoms with E-state index < -0.39 is 0 Å². The van der Waals surface area contributed by atoms with Gasteiger partial charge in [-0.1, -0.05) is 31.4 Å². The lowest BCUT2D eigenvalue weighted by atomic mass is 9.75. The summed E-state index contributed by atoms with van der Waals surface area (Å²) >= 11 is 0. The molecule has 2 fully saturated rings. The molecule has 128 valence electrons. The molecular weight excluding hydrogens is 304 g/mol. The molecule has 0 spiro atoms. The van der Waals surface area contributed by atoms with Crippen molar-refractivity contribution >= 4 is 17.5 Å². The highest BCUT2D eigenvalue weighted by Crippen LogP contribution is 2.36. The third-order valence-corrected chi connectivity index (χ3v) is 5.75. The van der Waals surface area contributed by atoms with Crippen molar-refractivity contribution in [3.8, 4) is 5.75 Å². The number of hydrogen-bond acceptors (Lipinski definition) is 3. The summed E-state index contributed by atoms with van der Waals surface area (Å²) in [4.78, 5) is 28.6. The molecule has 0 aromatic heterocycles. The SMILES string of the molecule is O=C(CN1C(=O)COc2ccccc21)N1CC[C@H]2CCCC[C@@H]2C1. The zero-order valence-electron chi connectivity index (χ0n) is 13.9. The minimum absolute atomic E-state index is 0.00892. The molecule has 0 bridgehead atoms. The van der Waals surface area contributed by atoms with Crippen LogP contribution in [0.5, 0.6) is 5.75 Å². The summed E-state index contributed by atoms with van der Waals surface area (Å²) in [7, 11) is 0. The highest BCUT2D eigenvalue weighted by atomic mass is 16.5. The van der Waals surface area contributed by atoms with Crippen LogP contribution in [0.2, 0.25) is 0 Å². The van der Waals surface area contributed by atoms with Crippen LogP contribution >= 0.6 is 0 Å². The first kappa shape index (κ1) is 15.5. The summed E-state index contributed by atoms with van der Waals surface area (Å²) < 4.78 is 5.45. The van der Waals surface area contributed by atoms with Crippen LogP contribution in [0.25, 0.3) is 0 Å². The van der Waals surface area contributed by atoms with Crippen molar-refractivity contribution in [1.82, 2.24) is 4.90 Å². The Kier molecular flexibility index (Phi) is 4.17. The van der Waals surface area contributed by atoms with Crippen LogP contribution < -0.4 is 9.64 Å². The molecule has 0 N–H and O–H groups in total. The fourth-order valence-electron chi connectivity index (χ4n) is 4.39. The zero-order chi connectivity index (χ0) is 16.5. The summed E-state index contributed by atoms with van der Waals surface area (Å²) in [6.45, 7) is 1.83. The number of fused-ring (bicyclic) bond motifs is 2. The van der Waals surface area contributed by atoms with E-state index in [0.29, 0.717) is 17.4 Å². The van der Waals surface area contributed by atoms with Crippen molar-refractivity contribution < 1.29 is 14.3 Å². The fraction of sp³-hybridized carbons (Fsp3) is 0.579. The van der Waals surface area contributed by atoms with Crippen molar-refractivity contribution in [2.24, 2.45) is 11.8 Å². The molecule has 24 heavy (non-hydrogen) atoms. The second-order valence-electron chi connectivity index (χ2n) is 7.17. The molecule has 2 amide bonds. The van der Waals surface area contributed by atoms with Gasteiger partial charge in [0.15, 0.2) is 6.61 Å². The van der Waals surface area contributed by atoms with Gasteiger partial charge in [-0.05, 0) is 36.8 Å². The predicted molar refractivity (Wildman–Crippen MR) is 90.9 cm³/mol. The maximum atomic E-state index is 12.8. The average molecular weight is 328 g/mol. The number of piperidine rings is 1. The normalized spacial score (nSPS) is 26.4. The van der Waals surface area contributed by atoms with E-state index in [1.807, 2.05) is 29.2 Å². The number of anilines is 1. The molecule has 1 aromatic carbocycles. The number of para-hydroxylation sites is 2. The molecule has 1 saturated carbocycles. The Morgan fingerprint density at radius 1 is 1.12 bits per heavy atom. The number of carbonyl (C=O) groups is 2. The van der Waals surface area contributed by atoms with E-state index in [9.17, 15) is 9.59 Å². The van der Waals surface area contributed by atoms with E-state index in [2.05, 4.69) is 0 Å². The number of nitrogens with zero attached hydrogens (tertiary/aromatic N) is 2. The van der Waals surface area contributed by atoms with Crippen LogP contribution in [-0.4, -0.2) is 43.0 Å². The number of rotatable bonds is 2. The van der Waals surface area contributed by atoms with Crippen LogP contribution in [0.4, 0.5) is 5.69 Å². The van der Waals surface area contributed by atoms with Gasteiger partial charge in [0.1, 0.15) is 12.3 Å². The van der Waals surface area contributed by atoms with E-state index in [1.165, 1.54) is 25.7 Å². The van der Waals surface area contributed by atoms with Crippen molar-refractivity contribution in [3.05, 3.63) is 24.3 Å². The first-order valence-electron chi connectivity index (χ1n) is 9.02. The summed E-state index contributed by atoms with van der Waals surface area (Å²) in [6.07, 6.45) is 6.31. The van der Waals surface area contributed by atoms with Gasteiger partial charge in [0, 0.05) is 13.1 Å². The summed E-state index contributed by atoms with van der Waals surface area (Å²) in [5.74, 6) is 2.05. The van der Waals surface area contributed by atoms with Crippen molar-refractivity contribution in [2.45, 2.75) is 32.1 Å². The van der Waals surface area contributed by atoms with Crippen LogP contribution in [-0.2, 0) is 9.59 Å². The molecule has 5 nitrogen and oxygen atoms in total. The van der Waals surface area contributed by atoms with Crippen LogP contribution in [0.15, 0.2) is 24.3 Å². The van der Waals surface area contributed by atoms with Gasteiger partial charge in [-0.15, -0.1) is 0 Å². The molecule has 1 aliphatic carbocycles. The van der Waals surface area contributed by atoms with Gasteiger partial charge in [0.25, 0.3) is 5.91 Å². The number of carbonyl (C=O) groups excluding carboxylic acids is 2. The van der Waals surface area contributed by atoms with Gasteiger partial charge < -0.3 is 9.64 Å². The van der Waals surface area contributed by atoms with Crippen LogP contribution in [0.3, 0.4) is 0 Å². The summed E-state index contributed by atoms with van der Waals surface area (Å²) in [5, 5.41) is 0. The molecule has 0 radical (unpaired) electrons. The van der Waals surface area contributed by atoms with E-state index in [4.69, 9.17) is 4.74 Å². The van der Waals surface area contributed by atoms with E-state index >= 15 is 0 Å². The highest BCUT2D eigenvalue weighted by molar-refractivity contribution is 6.02. The minimum Gasteiger partial charge on any atom is -0.482 e. The first-order valence-corrected chi connectivity index (χ1v) is 9.02. The molecule has 4 rings (SSSR count). The van der Waals surface area contributed by atoms with Crippen molar-refractivity contribution in [3.63, 3.8) is 0 Å². The van der Waals surface area contributed by atoms with E-state index in [0.717, 1.165) is 25.4 Å². The third kappa shape index (κ3) is 2.87. The fourth-order valence-corrected chi connectivity index (χ4v) is 4.39. The maximum absolute atomic E-state index is 12.8. The monoisotopic (exact) mass is 328 g/mol. The Morgan fingerprint density at radius 3 is 2.79 bits per heavy atom. The lowest BCUT2D eigenvalue weighted by Gasteiger charge is -2.42. The standard InChI is InChI=1S/C19H24N2O3/c22-18(20-10-9-14-5-1-2-6-15(14)11-20)12-21-16-7-3-4-8-17(16)24-13-19(21)23/h3-4,7-8,14-15H,1-2,5-6,9-13H2/t14-,15-/m1/s1. The summed E-state index contributed by atoms with van der Waals surface area (Å²) in [5.41, 5.74) is 0.703. The summed E-state index contributed by atoms with van der Waals surface area (Å²) in [6, 6.07) is 7.42. The predicted octanol–water partition coefficient (Wildman–Crippen LogP) is 2.45. The quantitative estimate of drug-likeness (QED) is 0.838. The van der Waals surface area contributed by atoms with Crippen molar-refractivity contribution in [2.75, 3.05) is 31.1 Å². The topological polar surface area (TPSA) is 49.9 Å². The van der Waals surface area contributed by atoms with Gasteiger partial charge in [0.2, 0.25) is 5.91 Å². The molecule has 2 aliphatic heterocycles. The van der Waals surface area contributed by atoms with Gasteiger partial charge in [0.05, 0.1) is 5.69 Å². The molecule has 1 saturated heterocycles. The van der Waals surface area contributed by atoms with Gasteiger partial charge >= 0.3 is 0 Å². The van der Waals surface area contributed by atoms with Crippen LogP contribution in [0, 0.1) is 11.8 Å². The largest absolute Gasteiger partial charge is 0.482 e. The van der Waals surface area contributed by atoms with Crippen molar-refractivity contribution in [1.29, 1.82) is 0 Å². The number of amides is 2. The maximum Gasteiger partial charge on any atom is 0.265 e. The molecule has 2 atom stereocenters. The Labute approximate surface area is 142 Å². The Balaban J connectivity index is 1.45. The third-order valence-electron chi connectivity index (χ3n) is 5.75. The Morgan fingerprint density at radius 2 is 1.92 bits per heavy atom. The second-order valence-corrected chi connectivity index (χ2v) is 7.17. The lowest BCUT2D eigenvalue weighted by Crippen LogP contribution is -2.50. The Hall–Kier alpha value is -2.04. The highest BCUT2D eigenvalue weighted by Gasteiger charge is 2.34. The smallest absolute Gasteiger partial charge is 0.265 e. The molecule has 0 unspecified atom stereocenters. The van der Waals surface area contributed by atoms with Gasteiger partial charge in [-0.2, -0.15) is 0 Å². The van der Waals surface area contributed by atoms with E-state index in [-0.39, 0.29) is 25.0 Å². The minimum atomic E-state index is -0.144.